The highest BCUT2D eigenvalue weighted by Crippen LogP contribution is 2.39. The van der Waals surface area contributed by atoms with Crippen molar-refractivity contribution in [1.82, 2.24) is 0 Å². The molecule has 0 heterocycles. The maximum absolute atomic E-state index is 5.76. The summed E-state index contributed by atoms with van der Waals surface area (Å²) in [4.78, 5) is 0. The smallest absolute Gasteiger partial charge is 0.119 e. The van der Waals surface area contributed by atoms with Crippen LogP contribution in [0.3, 0.4) is 0 Å². The van der Waals surface area contributed by atoms with Gasteiger partial charge in [-0.15, -0.1) is 12.4 Å². The van der Waals surface area contributed by atoms with Gasteiger partial charge in [0.05, 0.1) is 6.61 Å². The molecule has 0 aliphatic heterocycles. The van der Waals surface area contributed by atoms with Crippen LogP contribution in [0.1, 0.15) is 24.8 Å². The summed E-state index contributed by atoms with van der Waals surface area (Å²) in [5.41, 5.74) is 7.11. The molecule has 0 amide bonds. The minimum atomic E-state index is 0. The van der Waals surface area contributed by atoms with Crippen molar-refractivity contribution in [2.75, 3.05) is 6.61 Å². The molecule has 1 aromatic carbocycles. The van der Waals surface area contributed by atoms with Gasteiger partial charge in [-0.05, 0) is 31.0 Å². The third-order valence-electron chi connectivity index (χ3n) is 2.46. The van der Waals surface area contributed by atoms with Crippen molar-refractivity contribution in [2.24, 2.45) is 5.73 Å². The number of benzene rings is 1. The van der Waals surface area contributed by atoms with Gasteiger partial charge >= 0.3 is 0 Å². The molecule has 0 radical (unpaired) electrons. The van der Waals surface area contributed by atoms with Crippen molar-refractivity contribution in [1.29, 1.82) is 0 Å². The summed E-state index contributed by atoms with van der Waals surface area (Å²) in [6.45, 7) is 2.72. The molecule has 3 heteroatoms. The summed E-state index contributed by atoms with van der Waals surface area (Å²) < 4.78 is 5.36. The summed E-state index contributed by atoms with van der Waals surface area (Å²) in [5, 5.41) is 0. The van der Waals surface area contributed by atoms with Crippen molar-refractivity contribution in [3.05, 3.63) is 29.8 Å². The largest absolute Gasteiger partial charge is 0.494 e. The van der Waals surface area contributed by atoms with Crippen molar-refractivity contribution in [3.63, 3.8) is 0 Å². The second kappa shape index (κ2) is 4.67. The Morgan fingerprint density at radius 2 is 1.93 bits per heavy atom. The van der Waals surface area contributed by atoms with Gasteiger partial charge in [-0.1, -0.05) is 12.1 Å². The third kappa shape index (κ3) is 2.40. The molecule has 2 atom stereocenters. The van der Waals surface area contributed by atoms with Gasteiger partial charge < -0.3 is 10.5 Å². The van der Waals surface area contributed by atoms with Gasteiger partial charge in [-0.25, -0.2) is 0 Å². The minimum absolute atomic E-state index is 0. The maximum atomic E-state index is 5.76. The first-order valence-corrected chi connectivity index (χ1v) is 4.79. The lowest BCUT2D eigenvalue weighted by molar-refractivity contribution is 0.340. The van der Waals surface area contributed by atoms with E-state index in [2.05, 4.69) is 12.1 Å². The van der Waals surface area contributed by atoms with E-state index in [1.165, 1.54) is 5.56 Å². The van der Waals surface area contributed by atoms with E-state index in [0.29, 0.717) is 12.0 Å². The van der Waals surface area contributed by atoms with Crippen molar-refractivity contribution >= 4 is 12.4 Å². The molecular weight excluding hydrogens is 198 g/mol. The summed E-state index contributed by atoms with van der Waals surface area (Å²) in [5.74, 6) is 1.54. The minimum Gasteiger partial charge on any atom is -0.494 e. The Balaban J connectivity index is 0.000000980. The van der Waals surface area contributed by atoms with Gasteiger partial charge in [-0.2, -0.15) is 0 Å². The van der Waals surface area contributed by atoms with E-state index in [1.54, 1.807) is 0 Å². The normalized spacial score (nSPS) is 23.9. The Labute approximate surface area is 90.9 Å². The Hall–Kier alpha value is -0.730. The van der Waals surface area contributed by atoms with E-state index in [9.17, 15) is 0 Å². The van der Waals surface area contributed by atoms with Crippen LogP contribution in [0.2, 0.25) is 0 Å². The number of rotatable bonds is 3. The predicted molar refractivity (Wildman–Crippen MR) is 60.2 cm³/mol. The molecule has 2 nitrogen and oxygen atoms in total. The molecular formula is C11H16ClNO. The summed E-state index contributed by atoms with van der Waals surface area (Å²) >= 11 is 0. The van der Waals surface area contributed by atoms with Crippen LogP contribution in [-0.4, -0.2) is 12.6 Å². The first-order chi connectivity index (χ1) is 6.31. The number of ether oxygens (including phenoxy) is 1. The lowest BCUT2D eigenvalue weighted by atomic mass is 10.1. The fourth-order valence-corrected chi connectivity index (χ4v) is 1.58. The number of nitrogens with two attached hydrogens (primary N) is 1. The SMILES string of the molecule is CCOc1ccc(C2CC2N)cc1.Cl. The van der Waals surface area contributed by atoms with Gasteiger partial charge in [-0.3, -0.25) is 0 Å². The summed E-state index contributed by atoms with van der Waals surface area (Å²) in [6, 6.07) is 8.65. The molecule has 0 spiro atoms. The predicted octanol–water partition coefficient (Wildman–Crippen LogP) is 2.32. The molecule has 0 saturated heterocycles. The average molecular weight is 214 g/mol. The number of hydrogen-bond acceptors (Lipinski definition) is 2. The van der Waals surface area contributed by atoms with Crippen LogP contribution >= 0.6 is 12.4 Å². The van der Waals surface area contributed by atoms with Crippen LogP contribution < -0.4 is 10.5 Å². The van der Waals surface area contributed by atoms with E-state index in [4.69, 9.17) is 10.5 Å². The molecule has 78 valence electrons. The van der Waals surface area contributed by atoms with E-state index < -0.39 is 0 Å². The lowest BCUT2D eigenvalue weighted by Gasteiger charge is -2.03. The van der Waals surface area contributed by atoms with Crippen molar-refractivity contribution < 1.29 is 4.74 Å². The molecule has 2 N–H and O–H groups in total. The van der Waals surface area contributed by atoms with Crippen LogP contribution in [0, 0.1) is 0 Å². The average Bonchev–Trinajstić information content (AvgIpc) is 2.85. The fourth-order valence-electron chi connectivity index (χ4n) is 1.58. The van der Waals surface area contributed by atoms with E-state index in [0.717, 1.165) is 18.8 Å². The molecule has 14 heavy (non-hydrogen) atoms. The van der Waals surface area contributed by atoms with Gasteiger partial charge in [0.15, 0.2) is 0 Å². The monoisotopic (exact) mass is 213 g/mol. The molecule has 1 fully saturated rings. The third-order valence-corrected chi connectivity index (χ3v) is 2.46. The molecule has 0 aromatic heterocycles. The Morgan fingerprint density at radius 1 is 1.36 bits per heavy atom. The Morgan fingerprint density at radius 3 is 2.36 bits per heavy atom. The van der Waals surface area contributed by atoms with Crippen LogP contribution in [-0.2, 0) is 0 Å². The van der Waals surface area contributed by atoms with Gasteiger partial charge in [0.2, 0.25) is 0 Å². The van der Waals surface area contributed by atoms with E-state index in [1.807, 2.05) is 19.1 Å². The highest BCUT2D eigenvalue weighted by atomic mass is 35.5. The molecule has 0 bridgehead atoms. The Bertz CT molecular complexity index is 286. The highest BCUT2D eigenvalue weighted by molar-refractivity contribution is 5.85. The second-order valence-electron chi connectivity index (χ2n) is 3.51. The lowest BCUT2D eigenvalue weighted by Crippen LogP contribution is -2.00. The van der Waals surface area contributed by atoms with Crippen LogP contribution in [0.25, 0.3) is 0 Å². The van der Waals surface area contributed by atoms with Crippen LogP contribution in [0.15, 0.2) is 24.3 Å². The molecule has 2 unspecified atom stereocenters. The first kappa shape index (κ1) is 11.3. The zero-order valence-corrected chi connectivity index (χ0v) is 9.09. The molecule has 1 aliphatic carbocycles. The van der Waals surface area contributed by atoms with Crippen LogP contribution in [0.5, 0.6) is 5.75 Å². The first-order valence-electron chi connectivity index (χ1n) is 4.79. The standard InChI is InChI=1S/C11H15NO.ClH/c1-2-13-9-5-3-8(4-6-9)10-7-11(10)12;/h3-6,10-11H,2,7,12H2,1H3;1H. The second-order valence-corrected chi connectivity index (χ2v) is 3.51. The summed E-state index contributed by atoms with van der Waals surface area (Å²) in [6.07, 6.45) is 1.13. The van der Waals surface area contributed by atoms with Crippen LogP contribution in [0.4, 0.5) is 0 Å². The fraction of sp³-hybridized carbons (Fsp3) is 0.455. The maximum Gasteiger partial charge on any atom is 0.119 e. The van der Waals surface area contributed by atoms with Crippen molar-refractivity contribution in [2.45, 2.75) is 25.3 Å². The number of halogens is 1. The van der Waals surface area contributed by atoms with E-state index >= 15 is 0 Å². The van der Waals surface area contributed by atoms with Gasteiger partial charge in [0.1, 0.15) is 5.75 Å². The molecule has 1 aromatic rings. The number of hydrogen-bond donors (Lipinski definition) is 1. The quantitative estimate of drug-likeness (QED) is 0.837. The topological polar surface area (TPSA) is 35.2 Å². The van der Waals surface area contributed by atoms with Crippen molar-refractivity contribution in [3.8, 4) is 5.75 Å². The Kier molecular flexibility index (Phi) is 3.78. The zero-order valence-electron chi connectivity index (χ0n) is 8.27. The van der Waals surface area contributed by atoms with E-state index in [-0.39, 0.29) is 12.4 Å². The zero-order chi connectivity index (χ0) is 9.26. The van der Waals surface area contributed by atoms with Gasteiger partial charge in [0.25, 0.3) is 0 Å². The summed E-state index contributed by atoms with van der Waals surface area (Å²) in [7, 11) is 0. The molecule has 1 aliphatic rings. The highest BCUT2D eigenvalue weighted by Gasteiger charge is 2.34. The molecule has 1 saturated carbocycles. The van der Waals surface area contributed by atoms with Gasteiger partial charge in [0, 0.05) is 12.0 Å². The molecule has 2 rings (SSSR count).